The molecule has 0 saturated heterocycles. The summed E-state index contributed by atoms with van der Waals surface area (Å²) in [5, 5.41) is 0.653. The minimum atomic E-state index is -0.457. The Hall–Kier alpha value is -2.95. The summed E-state index contributed by atoms with van der Waals surface area (Å²) >= 11 is 0. The number of carbonyl (C=O) groups excluding carboxylic acids is 2. The fourth-order valence-electron chi connectivity index (χ4n) is 4.24. The van der Waals surface area contributed by atoms with Crippen LogP contribution in [0.25, 0.3) is 10.9 Å². The Morgan fingerprint density at radius 3 is 2.71 bits per heavy atom. The molecule has 0 saturated carbocycles. The van der Waals surface area contributed by atoms with Crippen molar-refractivity contribution in [2.45, 2.75) is 32.7 Å². The van der Waals surface area contributed by atoms with Gasteiger partial charge in [0.15, 0.2) is 5.78 Å². The van der Waals surface area contributed by atoms with E-state index in [0.717, 1.165) is 29.6 Å². The molecule has 1 heterocycles. The molecule has 0 fully saturated rings. The maximum Gasteiger partial charge on any atom is 0.338 e. The van der Waals surface area contributed by atoms with Crippen molar-refractivity contribution in [2.75, 3.05) is 7.11 Å². The number of methoxy groups -OCH3 is 1. The topological polar surface area (TPSA) is 48.3 Å². The van der Waals surface area contributed by atoms with Crippen molar-refractivity contribution in [1.29, 1.82) is 0 Å². The predicted octanol–water partition coefficient (Wildman–Crippen LogP) is 4.77. The van der Waals surface area contributed by atoms with Gasteiger partial charge in [-0.2, -0.15) is 0 Å². The van der Waals surface area contributed by atoms with Crippen LogP contribution in [0.4, 0.5) is 4.39 Å². The third-order valence-corrected chi connectivity index (χ3v) is 5.64. The van der Waals surface area contributed by atoms with Gasteiger partial charge >= 0.3 is 5.97 Å². The predicted molar refractivity (Wildman–Crippen MR) is 105 cm³/mol. The number of esters is 1. The SMILES string of the molecule is CCC1CC(=O)c2c(n(Cc3cccc(F)c3)c3cccc(C(=O)OC)c23)C1. The molecular formula is C23H22FNO3. The van der Waals surface area contributed by atoms with Crippen molar-refractivity contribution in [2.24, 2.45) is 5.92 Å². The van der Waals surface area contributed by atoms with Gasteiger partial charge in [-0.1, -0.05) is 31.5 Å². The lowest BCUT2D eigenvalue weighted by molar-refractivity contribution is 0.0603. The number of ketones is 1. The van der Waals surface area contributed by atoms with Gasteiger partial charge in [0.25, 0.3) is 0 Å². The summed E-state index contributed by atoms with van der Waals surface area (Å²) in [6.45, 7) is 2.53. The Labute approximate surface area is 162 Å². The van der Waals surface area contributed by atoms with Crippen LogP contribution in [0.1, 0.15) is 51.7 Å². The van der Waals surface area contributed by atoms with Gasteiger partial charge in [-0.3, -0.25) is 4.79 Å². The normalized spacial score (nSPS) is 16.2. The van der Waals surface area contributed by atoms with E-state index in [1.165, 1.54) is 19.2 Å². The highest BCUT2D eigenvalue weighted by Gasteiger charge is 2.32. The Kier molecular flexibility index (Phi) is 4.75. The molecule has 28 heavy (non-hydrogen) atoms. The summed E-state index contributed by atoms with van der Waals surface area (Å²) in [5.41, 5.74) is 3.57. The highest BCUT2D eigenvalue weighted by atomic mass is 19.1. The summed E-state index contributed by atoms with van der Waals surface area (Å²) in [6, 6.07) is 11.9. The zero-order chi connectivity index (χ0) is 19.8. The molecule has 0 N–H and O–H groups in total. The fourth-order valence-corrected chi connectivity index (χ4v) is 4.24. The highest BCUT2D eigenvalue weighted by Crippen LogP contribution is 2.37. The summed E-state index contributed by atoms with van der Waals surface area (Å²) in [7, 11) is 1.34. The molecule has 1 aliphatic carbocycles. The monoisotopic (exact) mass is 379 g/mol. The molecule has 1 atom stereocenters. The van der Waals surface area contributed by atoms with Crippen LogP contribution in [0.3, 0.4) is 0 Å². The third-order valence-electron chi connectivity index (χ3n) is 5.64. The van der Waals surface area contributed by atoms with Gasteiger partial charge < -0.3 is 9.30 Å². The number of carbonyl (C=O) groups is 2. The molecule has 0 spiro atoms. The van der Waals surface area contributed by atoms with Crippen LogP contribution in [0.15, 0.2) is 42.5 Å². The Balaban J connectivity index is 1.98. The van der Waals surface area contributed by atoms with Gasteiger partial charge in [0.2, 0.25) is 0 Å². The smallest absolute Gasteiger partial charge is 0.338 e. The summed E-state index contributed by atoms with van der Waals surface area (Å²) in [4.78, 5) is 25.4. The van der Waals surface area contributed by atoms with Crippen molar-refractivity contribution in [3.8, 4) is 0 Å². The van der Waals surface area contributed by atoms with Crippen LogP contribution in [0.5, 0.6) is 0 Å². The van der Waals surface area contributed by atoms with E-state index in [9.17, 15) is 14.0 Å². The van der Waals surface area contributed by atoms with Crippen LogP contribution in [-0.2, 0) is 17.7 Å². The number of aromatic nitrogens is 1. The maximum absolute atomic E-state index is 13.7. The number of rotatable bonds is 4. The molecule has 0 amide bonds. The first-order valence-corrected chi connectivity index (χ1v) is 9.53. The van der Waals surface area contributed by atoms with E-state index >= 15 is 0 Å². The Morgan fingerprint density at radius 2 is 2.00 bits per heavy atom. The molecule has 0 bridgehead atoms. The molecule has 144 valence electrons. The molecule has 2 aromatic carbocycles. The number of hydrogen-bond acceptors (Lipinski definition) is 3. The standard InChI is InChI=1S/C23H22FNO3/c1-3-14-11-19-22(20(26)12-14)21-17(23(27)28-2)8-5-9-18(21)25(19)13-15-6-4-7-16(24)10-15/h4-10,14H,3,11-13H2,1-2H3. The van der Waals surface area contributed by atoms with E-state index in [1.54, 1.807) is 18.2 Å². The average Bonchev–Trinajstić information content (AvgIpc) is 3.01. The molecule has 3 aromatic rings. The molecule has 1 aliphatic rings. The average molecular weight is 379 g/mol. The first kappa shape index (κ1) is 18.4. The van der Waals surface area contributed by atoms with Crippen LogP contribution in [0.2, 0.25) is 0 Å². The number of ether oxygens (including phenoxy) is 1. The lowest BCUT2D eigenvalue weighted by Crippen LogP contribution is -2.21. The molecule has 0 aliphatic heterocycles. The number of nitrogens with zero attached hydrogens (tertiary/aromatic N) is 1. The number of halogens is 1. The van der Waals surface area contributed by atoms with Crippen molar-refractivity contribution in [3.05, 3.63) is 70.7 Å². The van der Waals surface area contributed by atoms with E-state index in [4.69, 9.17) is 4.74 Å². The van der Waals surface area contributed by atoms with Crippen molar-refractivity contribution < 1.29 is 18.7 Å². The van der Waals surface area contributed by atoms with Crippen molar-refractivity contribution in [3.63, 3.8) is 0 Å². The maximum atomic E-state index is 13.7. The largest absolute Gasteiger partial charge is 0.465 e. The molecule has 1 aromatic heterocycles. The number of Topliss-reactive ketones (excluding diaryl/α,β-unsaturated/α-hetero) is 1. The molecule has 1 unspecified atom stereocenters. The lowest BCUT2D eigenvalue weighted by atomic mass is 9.84. The summed E-state index contributed by atoms with van der Waals surface area (Å²) in [6.07, 6.45) is 2.16. The quantitative estimate of drug-likeness (QED) is 0.614. The van der Waals surface area contributed by atoms with Gasteiger partial charge in [0.05, 0.1) is 18.2 Å². The van der Waals surface area contributed by atoms with Crippen LogP contribution in [-0.4, -0.2) is 23.4 Å². The number of benzene rings is 2. The van der Waals surface area contributed by atoms with Crippen molar-refractivity contribution in [1.82, 2.24) is 4.57 Å². The summed E-state index contributed by atoms with van der Waals surface area (Å²) < 4.78 is 20.7. The van der Waals surface area contributed by atoms with Gasteiger partial charge in [0, 0.05) is 29.6 Å². The first-order chi connectivity index (χ1) is 13.5. The molecule has 4 rings (SSSR count). The molecule has 5 heteroatoms. The second-order valence-corrected chi connectivity index (χ2v) is 7.33. The Bertz CT molecular complexity index is 1080. The van der Waals surface area contributed by atoms with E-state index in [1.807, 2.05) is 12.1 Å². The lowest BCUT2D eigenvalue weighted by Gasteiger charge is -2.22. The number of fused-ring (bicyclic) bond motifs is 3. The minimum Gasteiger partial charge on any atom is -0.465 e. The summed E-state index contributed by atoms with van der Waals surface area (Å²) in [5.74, 6) is -0.410. The fraction of sp³-hybridized carbons (Fsp3) is 0.304. The number of hydrogen-bond donors (Lipinski definition) is 0. The van der Waals surface area contributed by atoms with Gasteiger partial charge in [0.1, 0.15) is 5.82 Å². The van der Waals surface area contributed by atoms with Crippen LogP contribution < -0.4 is 0 Å². The van der Waals surface area contributed by atoms with Crippen LogP contribution in [0, 0.1) is 11.7 Å². The van der Waals surface area contributed by atoms with E-state index in [-0.39, 0.29) is 17.5 Å². The minimum absolute atomic E-state index is 0.0624. The molecule has 4 nitrogen and oxygen atoms in total. The van der Waals surface area contributed by atoms with E-state index in [2.05, 4.69) is 11.5 Å². The molecular weight excluding hydrogens is 357 g/mol. The second kappa shape index (κ2) is 7.23. The highest BCUT2D eigenvalue weighted by molar-refractivity contribution is 6.16. The van der Waals surface area contributed by atoms with E-state index in [0.29, 0.717) is 29.5 Å². The van der Waals surface area contributed by atoms with E-state index < -0.39 is 5.97 Å². The second-order valence-electron chi connectivity index (χ2n) is 7.33. The zero-order valence-electron chi connectivity index (χ0n) is 16.0. The van der Waals surface area contributed by atoms with Gasteiger partial charge in [-0.15, -0.1) is 0 Å². The third kappa shape index (κ3) is 3.01. The zero-order valence-corrected chi connectivity index (χ0v) is 16.0. The van der Waals surface area contributed by atoms with Crippen LogP contribution >= 0.6 is 0 Å². The van der Waals surface area contributed by atoms with Crippen molar-refractivity contribution >= 4 is 22.7 Å². The Morgan fingerprint density at radius 1 is 1.21 bits per heavy atom. The van der Waals surface area contributed by atoms with Gasteiger partial charge in [-0.05, 0) is 42.2 Å². The first-order valence-electron chi connectivity index (χ1n) is 9.53. The van der Waals surface area contributed by atoms with Gasteiger partial charge in [-0.25, -0.2) is 9.18 Å². The molecule has 0 radical (unpaired) electrons.